The summed E-state index contributed by atoms with van der Waals surface area (Å²) in [5.74, 6) is 0. The Morgan fingerprint density at radius 1 is 1.50 bits per heavy atom. The van der Waals surface area contributed by atoms with E-state index in [1.54, 1.807) is 6.92 Å². The third kappa shape index (κ3) is 3.94. The lowest BCUT2D eigenvalue weighted by atomic mass is 10.3. The van der Waals surface area contributed by atoms with Crippen molar-refractivity contribution in [1.29, 1.82) is 0 Å². The van der Waals surface area contributed by atoms with Gasteiger partial charge in [0, 0.05) is 25.3 Å². The second-order valence-corrected chi connectivity index (χ2v) is 4.59. The molecule has 0 saturated carbocycles. The maximum atomic E-state index is 9.27. The van der Waals surface area contributed by atoms with E-state index in [2.05, 4.69) is 23.8 Å². The predicted octanol–water partition coefficient (Wildman–Crippen LogP) is 1.67. The molecule has 0 aliphatic heterocycles. The van der Waals surface area contributed by atoms with Gasteiger partial charge in [-0.05, 0) is 33.4 Å². The highest BCUT2D eigenvalue weighted by Gasteiger charge is 2.08. The zero-order valence-electron chi connectivity index (χ0n) is 10.7. The first kappa shape index (κ1) is 13.2. The van der Waals surface area contributed by atoms with Crippen LogP contribution in [-0.4, -0.2) is 39.5 Å². The molecule has 4 heteroatoms. The van der Waals surface area contributed by atoms with Gasteiger partial charge in [-0.25, -0.2) is 0 Å². The van der Waals surface area contributed by atoms with Gasteiger partial charge in [0.05, 0.1) is 11.8 Å². The Morgan fingerprint density at radius 3 is 2.75 bits per heavy atom. The average Bonchev–Trinajstić information content (AvgIpc) is 2.63. The molecule has 1 heterocycles. The lowest BCUT2D eigenvalue weighted by Crippen LogP contribution is -2.27. The van der Waals surface area contributed by atoms with Crippen molar-refractivity contribution in [2.45, 2.75) is 45.9 Å². The van der Waals surface area contributed by atoms with Crippen LogP contribution in [-0.2, 0) is 6.54 Å². The van der Waals surface area contributed by atoms with Crippen LogP contribution in [0.1, 0.15) is 38.9 Å². The summed E-state index contributed by atoms with van der Waals surface area (Å²) in [7, 11) is 2.00. The molecular weight excluding hydrogens is 202 g/mol. The third-order valence-corrected chi connectivity index (χ3v) is 2.71. The minimum atomic E-state index is -0.290. The summed E-state index contributed by atoms with van der Waals surface area (Å²) in [6, 6.07) is 2.50. The van der Waals surface area contributed by atoms with Gasteiger partial charge >= 0.3 is 0 Å². The summed E-state index contributed by atoms with van der Waals surface area (Å²) >= 11 is 0. The van der Waals surface area contributed by atoms with Crippen LogP contribution in [0.3, 0.4) is 0 Å². The van der Waals surface area contributed by atoms with Gasteiger partial charge in [0.1, 0.15) is 0 Å². The molecule has 0 aliphatic rings. The zero-order valence-corrected chi connectivity index (χ0v) is 10.7. The SMILES string of the molecule is CCC(C)n1ccc(CN(C)CC(C)O)n1. The number of hydrogen-bond acceptors (Lipinski definition) is 3. The average molecular weight is 225 g/mol. The largest absolute Gasteiger partial charge is 0.392 e. The molecule has 1 aromatic heterocycles. The number of nitrogens with zero attached hydrogens (tertiary/aromatic N) is 3. The van der Waals surface area contributed by atoms with Crippen molar-refractivity contribution in [1.82, 2.24) is 14.7 Å². The predicted molar refractivity (Wildman–Crippen MR) is 65.2 cm³/mol. The Balaban J connectivity index is 2.51. The van der Waals surface area contributed by atoms with Crippen LogP contribution in [0.25, 0.3) is 0 Å². The molecule has 0 saturated heterocycles. The Hall–Kier alpha value is -0.870. The molecule has 1 aromatic rings. The molecule has 0 aliphatic carbocycles. The van der Waals surface area contributed by atoms with Gasteiger partial charge in [-0.2, -0.15) is 5.10 Å². The molecule has 0 aromatic carbocycles. The normalized spacial score (nSPS) is 15.4. The fourth-order valence-corrected chi connectivity index (χ4v) is 1.69. The monoisotopic (exact) mass is 225 g/mol. The lowest BCUT2D eigenvalue weighted by molar-refractivity contribution is 0.137. The minimum Gasteiger partial charge on any atom is -0.392 e. The van der Waals surface area contributed by atoms with E-state index in [-0.39, 0.29) is 6.10 Å². The number of aliphatic hydroxyl groups excluding tert-OH is 1. The lowest BCUT2D eigenvalue weighted by Gasteiger charge is -2.16. The van der Waals surface area contributed by atoms with Crippen molar-refractivity contribution in [2.24, 2.45) is 0 Å². The van der Waals surface area contributed by atoms with E-state index in [0.29, 0.717) is 12.6 Å². The van der Waals surface area contributed by atoms with E-state index in [4.69, 9.17) is 0 Å². The first-order chi connectivity index (χ1) is 7.52. The summed E-state index contributed by atoms with van der Waals surface area (Å²) in [5.41, 5.74) is 1.06. The number of rotatable bonds is 6. The van der Waals surface area contributed by atoms with Gasteiger partial charge < -0.3 is 5.11 Å². The van der Waals surface area contributed by atoms with Crippen LogP contribution in [0.4, 0.5) is 0 Å². The summed E-state index contributed by atoms with van der Waals surface area (Å²) < 4.78 is 2.01. The molecule has 0 fully saturated rings. The van der Waals surface area contributed by atoms with Crippen molar-refractivity contribution >= 4 is 0 Å². The van der Waals surface area contributed by atoms with Crippen molar-refractivity contribution in [3.05, 3.63) is 18.0 Å². The molecule has 2 atom stereocenters. The van der Waals surface area contributed by atoms with E-state index < -0.39 is 0 Å². The summed E-state index contributed by atoms with van der Waals surface area (Å²) in [4.78, 5) is 2.08. The highest BCUT2D eigenvalue weighted by molar-refractivity contribution is 4.99. The first-order valence-electron chi connectivity index (χ1n) is 5.93. The molecule has 0 radical (unpaired) electrons. The fraction of sp³-hybridized carbons (Fsp3) is 0.750. The van der Waals surface area contributed by atoms with E-state index in [1.165, 1.54) is 0 Å². The highest BCUT2D eigenvalue weighted by Crippen LogP contribution is 2.10. The van der Waals surface area contributed by atoms with Crippen LogP contribution in [0.5, 0.6) is 0 Å². The van der Waals surface area contributed by atoms with Crippen molar-refractivity contribution in [2.75, 3.05) is 13.6 Å². The summed E-state index contributed by atoms with van der Waals surface area (Å²) in [6.45, 7) is 7.58. The topological polar surface area (TPSA) is 41.3 Å². The van der Waals surface area contributed by atoms with E-state index in [9.17, 15) is 5.11 Å². The molecule has 1 rings (SSSR count). The Bertz CT molecular complexity index is 309. The van der Waals surface area contributed by atoms with Gasteiger partial charge in [-0.3, -0.25) is 9.58 Å². The molecule has 0 amide bonds. The van der Waals surface area contributed by atoms with Gasteiger partial charge in [0.2, 0.25) is 0 Å². The second kappa shape index (κ2) is 6.01. The van der Waals surface area contributed by atoms with E-state index >= 15 is 0 Å². The van der Waals surface area contributed by atoms with Gasteiger partial charge in [0.15, 0.2) is 0 Å². The summed E-state index contributed by atoms with van der Waals surface area (Å²) in [5, 5.41) is 13.8. The van der Waals surface area contributed by atoms with Crippen molar-refractivity contribution in [3.63, 3.8) is 0 Å². The molecule has 4 nitrogen and oxygen atoms in total. The molecule has 0 spiro atoms. The molecule has 0 bridgehead atoms. The molecular formula is C12H23N3O. The van der Waals surface area contributed by atoms with Crippen molar-refractivity contribution in [3.8, 4) is 0 Å². The quantitative estimate of drug-likeness (QED) is 0.800. The molecule has 2 unspecified atom stereocenters. The van der Waals surface area contributed by atoms with Crippen LogP contribution in [0, 0.1) is 0 Å². The molecule has 16 heavy (non-hydrogen) atoms. The Kier molecular flexibility index (Phi) is 4.96. The third-order valence-electron chi connectivity index (χ3n) is 2.71. The number of aliphatic hydroxyl groups is 1. The van der Waals surface area contributed by atoms with Crippen LogP contribution in [0.2, 0.25) is 0 Å². The van der Waals surface area contributed by atoms with Crippen molar-refractivity contribution < 1.29 is 5.11 Å². The Labute approximate surface area is 97.9 Å². The van der Waals surface area contributed by atoms with Crippen LogP contribution >= 0.6 is 0 Å². The standard InChI is InChI=1S/C12H23N3O/c1-5-10(2)15-7-6-12(13-15)9-14(4)8-11(3)16/h6-7,10-11,16H,5,8-9H2,1-4H3. The zero-order chi connectivity index (χ0) is 12.1. The van der Waals surface area contributed by atoms with E-state index in [0.717, 1.165) is 18.7 Å². The van der Waals surface area contributed by atoms with Gasteiger partial charge in [-0.15, -0.1) is 0 Å². The fourth-order valence-electron chi connectivity index (χ4n) is 1.69. The maximum absolute atomic E-state index is 9.27. The first-order valence-corrected chi connectivity index (χ1v) is 5.93. The van der Waals surface area contributed by atoms with Gasteiger partial charge in [0.25, 0.3) is 0 Å². The maximum Gasteiger partial charge on any atom is 0.0764 e. The number of likely N-dealkylation sites (N-methyl/N-ethyl adjacent to an activating group) is 1. The number of aromatic nitrogens is 2. The number of hydrogen-bond donors (Lipinski definition) is 1. The smallest absolute Gasteiger partial charge is 0.0764 e. The highest BCUT2D eigenvalue weighted by atomic mass is 16.3. The van der Waals surface area contributed by atoms with Gasteiger partial charge in [-0.1, -0.05) is 6.92 Å². The van der Waals surface area contributed by atoms with Crippen LogP contribution in [0.15, 0.2) is 12.3 Å². The second-order valence-electron chi connectivity index (χ2n) is 4.59. The summed E-state index contributed by atoms with van der Waals surface area (Å²) in [6.07, 6.45) is 2.83. The molecule has 92 valence electrons. The van der Waals surface area contributed by atoms with E-state index in [1.807, 2.05) is 24.0 Å². The molecule has 1 N–H and O–H groups in total. The van der Waals surface area contributed by atoms with Crippen LogP contribution < -0.4 is 0 Å². The minimum absolute atomic E-state index is 0.290. The Morgan fingerprint density at radius 2 is 2.19 bits per heavy atom.